The first-order chi connectivity index (χ1) is 14.8. The zero-order valence-corrected chi connectivity index (χ0v) is 18.6. The average molecular weight is 446 g/mol. The maximum absolute atomic E-state index is 13.0. The fraction of sp³-hybridized carbons (Fsp3) is 0.455. The SMILES string of the molecule is CC(=O)N1c2ccc(S(=O)(=O)N3CCCCC3)cc2CC1C(=O)NCc1ccc(C)o1. The predicted octanol–water partition coefficient (Wildman–Crippen LogP) is 2.36. The lowest BCUT2D eigenvalue weighted by Crippen LogP contribution is -2.47. The molecule has 166 valence electrons. The summed E-state index contributed by atoms with van der Waals surface area (Å²) in [5.74, 6) is 0.816. The van der Waals surface area contributed by atoms with Crippen LogP contribution in [-0.4, -0.2) is 43.7 Å². The molecule has 0 aliphatic carbocycles. The van der Waals surface area contributed by atoms with Crippen LogP contribution in [0.1, 0.15) is 43.3 Å². The number of aryl methyl sites for hydroxylation is 1. The quantitative estimate of drug-likeness (QED) is 0.762. The molecular formula is C22H27N3O5S. The van der Waals surface area contributed by atoms with Gasteiger partial charge in [-0.3, -0.25) is 14.5 Å². The Bertz CT molecular complexity index is 1100. The van der Waals surface area contributed by atoms with Crippen LogP contribution in [0.3, 0.4) is 0 Å². The molecule has 0 spiro atoms. The lowest BCUT2D eigenvalue weighted by atomic mass is 10.1. The number of hydrogen-bond donors (Lipinski definition) is 1. The van der Waals surface area contributed by atoms with Crippen LogP contribution in [0.25, 0.3) is 0 Å². The van der Waals surface area contributed by atoms with Crippen molar-refractivity contribution in [1.29, 1.82) is 0 Å². The Morgan fingerprint density at radius 1 is 1.13 bits per heavy atom. The van der Waals surface area contributed by atoms with E-state index in [1.807, 2.05) is 13.0 Å². The van der Waals surface area contributed by atoms with Gasteiger partial charge in [0.2, 0.25) is 21.8 Å². The minimum absolute atomic E-state index is 0.212. The summed E-state index contributed by atoms with van der Waals surface area (Å²) < 4.78 is 33.1. The number of amides is 2. The molecule has 8 nitrogen and oxygen atoms in total. The van der Waals surface area contributed by atoms with E-state index in [0.29, 0.717) is 30.1 Å². The Labute approximate surface area is 182 Å². The molecule has 9 heteroatoms. The average Bonchev–Trinajstić information content (AvgIpc) is 3.35. The second-order valence-corrected chi connectivity index (χ2v) is 10.0. The number of hydrogen-bond acceptors (Lipinski definition) is 5. The summed E-state index contributed by atoms with van der Waals surface area (Å²) in [6.07, 6.45) is 3.03. The molecule has 0 saturated carbocycles. The Morgan fingerprint density at radius 3 is 2.52 bits per heavy atom. The van der Waals surface area contributed by atoms with E-state index in [2.05, 4.69) is 5.32 Å². The standard InChI is InChI=1S/C22H27N3O5S/c1-15-6-7-18(30-15)14-23-22(27)21-13-17-12-19(8-9-20(17)25(21)16(2)26)31(28,29)24-10-4-3-5-11-24/h6-9,12,21H,3-5,10-11,13-14H2,1-2H3,(H,23,27). The summed E-state index contributed by atoms with van der Waals surface area (Å²) in [7, 11) is -3.59. The Balaban J connectivity index is 1.55. The monoisotopic (exact) mass is 445 g/mol. The molecule has 1 unspecified atom stereocenters. The molecule has 1 atom stereocenters. The highest BCUT2D eigenvalue weighted by Crippen LogP contribution is 2.35. The zero-order chi connectivity index (χ0) is 22.2. The normalized spacial score (nSPS) is 19.3. The minimum Gasteiger partial charge on any atom is -0.465 e. The van der Waals surface area contributed by atoms with Gasteiger partial charge in [0.05, 0.1) is 11.4 Å². The summed E-state index contributed by atoms with van der Waals surface area (Å²) in [6, 6.07) is 7.66. The van der Waals surface area contributed by atoms with Crippen LogP contribution in [-0.2, 0) is 32.6 Å². The third-order valence-corrected chi connectivity index (χ3v) is 7.76. The number of rotatable bonds is 5. The molecule has 1 aromatic carbocycles. The van der Waals surface area contributed by atoms with Crippen molar-refractivity contribution in [3.63, 3.8) is 0 Å². The van der Waals surface area contributed by atoms with Gasteiger partial charge in [0.25, 0.3) is 0 Å². The van der Waals surface area contributed by atoms with Crippen LogP contribution in [0.4, 0.5) is 5.69 Å². The van der Waals surface area contributed by atoms with Gasteiger partial charge >= 0.3 is 0 Å². The van der Waals surface area contributed by atoms with E-state index in [1.165, 1.54) is 22.2 Å². The second kappa shape index (κ2) is 8.47. The Morgan fingerprint density at radius 2 is 1.87 bits per heavy atom. The number of furan rings is 1. The molecule has 0 radical (unpaired) electrons. The van der Waals surface area contributed by atoms with Gasteiger partial charge in [-0.2, -0.15) is 4.31 Å². The first-order valence-corrected chi connectivity index (χ1v) is 12.0. The Kier molecular flexibility index (Phi) is 5.90. The minimum atomic E-state index is -3.59. The fourth-order valence-electron chi connectivity index (χ4n) is 4.31. The van der Waals surface area contributed by atoms with E-state index in [-0.39, 0.29) is 29.7 Å². The number of piperidine rings is 1. The molecule has 2 aliphatic heterocycles. The van der Waals surface area contributed by atoms with Crippen molar-refractivity contribution in [2.24, 2.45) is 0 Å². The van der Waals surface area contributed by atoms with Crippen molar-refractivity contribution in [2.45, 2.75) is 57.0 Å². The van der Waals surface area contributed by atoms with Gasteiger partial charge in [-0.05, 0) is 55.7 Å². The van der Waals surface area contributed by atoms with E-state index < -0.39 is 16.1 Å². The van der Waals surface area contributed by atoms with Gasteiger partial charge < -0.3 is 9.73 Å². The number of sulfonamides is 1. The summed E-state index contributed by atoms with van der Waals surface area (Å²) >= 11 is 0. The summed E-state index contributed by atoms with van der Waals surface area (Å²) in [6.45, 7) is 4.50. The van der Waals surface area contributed by atoms with Gasteiger partial charge in [-0.15, -0.1) is 0 Å². The number of carbonyl (C=O) groups is 2. The van der Waals surface area contributed by atoms with E-state index in [1.54, 1.807) is 18.2 Å². The topological polar surface area (TPSA) is 99.9 Å². The predicted molar refractivity (Wildman–Crippen MR) is 115 cm³/mol. The number of nitrogens with zero attached hydrogens (tertiary/aromatic N) is 2. The zero-order valence-electron chi connectivity index (χ0n) is 17.8. The van der Waals surface area contributed by atoms with Crippen molar-refractivity contribution >= 4 is 27.5 Å². The lowest BCUT2D eigenvalue weighted by Gasteiger charge is -2.26. The number of benzene rings is 1. The van der Waals surface area contributed by atoms with Crippen LogP contribution < -0.4 is 10.2 Å². The maximum Gasteiger partial charge on any atom is 0.243 e. The number of fused-ring (bicyclic) bond motifs is 1. The van der Waals surface area contributed by atoms with E-state index >= 15 is 0 Å². The van der Waals surface area contributed by atoms with Crippen LogP contribution in [0.15, 0.2) is 39.6 Å². The van der Waals surface area contributed by atoms with E-state index in [9.17, 15) is 18.0 Å². The van der Waals surface area contributed by atoms with Gasteiger partial charge in [0.1, 0.15) is 17.6 Å². The second-order valence-electron chi connectivity index (χ2n) is 8.09. The van der Waals surface area contributed by atoms with Gasteiger partial charge in [-0.25, -0.2) is 8.42 Å². The van der Waals surface area contributed by atoms with Crippen molar-refractivity contribution in [2.75, 3.05) is 18.0 Å². The molecular weight excluding hydrogens is 418 g/mol. The highest BCUT2D eigenvalue weighted by atomic mass is 32.2. The first kappa shape index (κ1) is 21.6. The molecule has 2 aliphatic rings. The van der Waals surface area contributed by atoms with E-state index in [4.69, 9.17) is 4.42 Å². The van der Waals surface area contributed by atoms with Crippen molar-refractivity contribution in [1.82, 2.24) is 9.62 Å². The van der Waals surface area contributed by atoms with Crippen LogP contribution in [0.2, 0.25) is 0 Å². The summed E-state index contributed by atoms with van der Waals surface area (Å²) in [4.78, 5) is 26.8. The van der Waals surface area contributed by atoms with Gasteiger partial charge in [-0.1, -0.05) is 6.42 Å². The summed E-state index contributed by atoms with van der Waals surface area (Å²) in [5.41, 5.74) is 1.27. The van der Waals surface area contributed by atoms with Gasteiger partial charge in [0.15, 0.2) is 0 Å². The number of nitrogens with one attached hydrogen (secondary N) is 1. The third kappa shape index (κ3) is 4.24. The molecule has 1 N–H and O–H groups in total. The molecule has 1 aromatic heterocycles. The Hall–Kier alpha value is -2.65. The molecule has 4 rings (SSSR count). The largest absolute Gasteiger partial charge is 0.465 e. The molecule has 0 bridgehead atoms. The molecule has 2 amide bonds. The van der Waals surface area contributed by atoms with Crippen molar-refractivity contribution in [3.05, 3.63) is 47.4 Å². The third-order valence-electron chi connectivity index (χ3n) is 5.86. The summed E-state index contributed by atoms with van der Waals surface area (Å²) in [5, 5.41) is 2.82. The van der Waals surface area contributed by atoms with E-state index in [0.717, 1.165) is 25.0 Å². The maximum atomic E-state index is 13.0. The molecule has 1 fully saturated rings. The molecule has 31 heavy (non-hydrogen) atoms. The van der Waals surface area contributed by atoms with Gasteiger partial charge in [0, 0.05) is 32.1 Å². The fourth-order valence-corrected chi connectivity index (χ4v) is 5.88. The smallest absolute Gasteiger partial charge is 0.243 e. The lowest BCUT2D eigenvalue weighted by molar-refractivity contribution is -0.125. The highest BCUT2D eigenvalue weighted by Gasteiger charge is 2.38. The number of carbonyl (C=O) groups excluding carboxylic acids is 2. The molecule has 3 heterocycles. The van der Waals surface area contributed by atoms with Crippen LogP contribution in [0, 0.1) is 6.92 Å². The van der Waals surface area contributed by atoms with Crippen molar-refractivity contribution in [3.8, 4) is 0 Å². The molecule has 2 aromatic rings. The van der Waals surface area contributed by atoms with Crippen LogP contribution in [0.5, 0.6) is 0 Å². The van der Waals surface area contributed by atoms with Crippen molar-refractivity contribution < 1.29 is 22.4 Å². The number of anilines is 1. The van der Waals surface area contributed by atoms with Crippen LogP contribution >= 0.6 is 0 Å². The first-order valence-electron chi connectivity index (χ1n) is 10.5. The highest BCUT2D eigenvalue weighted by molar-refractivity contribution is 7.89. The molecule has 1 saturated heterocycles.